The van der Waals surface area contributed by atoms with Gasteiger partial charge in [0.2, 0.25) is 5.16 Å². The van der Waals surface area contributed by atoms with Crippen molar-refractivity contribution in [1.82, 2.24) is 15.2 Å². The van der Waals surface area contributed by atoms with Gasteiger partial charge in [0.1, 0.15) is 22.3 Å². The zero-order valence-electron chi connectivity index (χ0n) is 14.4. The summed E-state index contributed by atoms with van der Waals surface area (Å²) in [5.74, 6) is -0.128. The van der Waals surface area contributed by atoms with Crippen molar-refractivity contribution in [3.8, 4) is 11.3 Å². The molecule has 0 fully saturated rings. The maximum absolute atomic E-state index is 11.7. The fourth-order valence-corrected chi connectivity index (χ4v) is 2.97. The van der Waals surface area contributed by atoms with E-state index < -0.39 is 11.9 Å². The Balaban J connectivity index is 1.86. The van der Waals surface area contributed by atoms with Gasteiger partial charge in [-0.2, -0.15) is 0 Å². The second-order valence-corrected chi connectivity index (χ2v) is 6.40. The summed E-state index contributed by atoms with van der Waals surface area (Å²) >= 11 is 0.914. The summed E-state index contributed by atoms with van der Waals surface area (Å²) in [5, 5.41) is 16.3. The molecule has 0 bridgehead atoms. The molecule has 27 heavy (non-hydrogen) atoms. The van der Waals surface area contributed by atoms with Gasteiger partial charge in [-0.05, 0) is 43.0 Å². The summed E-state index contributed by atoms with van der Waals surface area (Å²) in [7, 11) is 1.31. The van der Waals surface area contributed by atoms with Gasteiger partial charge >= 0.3 is 11.9 Å². The first-order chi connectivity index (χ1) is 13.0. The number of aromatic amines is 1. The minimum Gasteiger partial charge on any atom is -0.477 e. The zero-order chi connectivity index (χ0) is 19.4. The Morgan fingerprint density at radius 2 is 2.11 bits per heavy atom. The molecule has 0 aliphatic rings. The van der Waals surface area contributed by atoms with E-state index in [4.69, 9.17) is 9.15 Å². The number of hydrogen-bond acceptors (Lipinski definition) is 7. The number of carbonyl (C=O) groups is 2. The predicted molar refractivity (Wildman–Crippen MR) is 98.1 cm³/mol. The Kier molecular flexibility index (Phi) is 5.41. The summed E-state index contributed by atoms with van der Waals surface area (Å²) < 4.78 is 10.4. The summed E-state index contributed by atoms with van der Waals surface area (Å²) in [4.78, 5) is 27.2. The van der Waals surface area contributed by atoms with E-state index in [1.54, 1.807) is 43.3 Å². The largest absolute Gasteiger partial charge is 0.477 e. The number of esters is 1. The Bertz CT molecular complexity index is 1020. The SMILES string of the molecule is COC(=O)c1cccc(-c2ccc(/C=C(\Sc3n[nH]c(C)n3)C(=O)O)o2)c1. The van der Waals surface area contributed by atoms with Crippen LogP contribution in [0.15, 0.2) is 50.9 Å². The topological polar surface area (TPSA) is 118 Å². The molecule has 0 atom stereocenters. The molecular formula is C18H15N3O5S. The number of carbonyl (C=O) groups excluding carboxylic acids is 1. The minimum absolute atomic E-state index is 0.0122. The van der Waals surface area contributed by atoms with Crippen LogP contribution in [0.3, 0.4) is 0 Å². The van der Waals surface area contributed by atoms with Crippen molar-refractivity contribution < 1.29 is 23.8 Å². The molecule has 0 saturated carbocycles. The molecule has 0 amide bonds. The molecule has 0 aliphatic heterocycles. The molecule has 0 saturated heterocycles. The lowest BCUT2D eigenvalue weighted by Crippen LogP contribution is -2.00. The van der Waals surface area contributed by atoms with Crippen LogP contribution in [0.5, 0.6) is 0 Å². The zero-order valence-corrected chi connectivity index (χ0v) is 15.2. The van der Waals surface area contributed by atoms with E-state index >= 15 is 0 Å². The summed E-state index contributed by atoms with van der Waals surface area (Å²) in [6, 6.07) is 10.1. The number of rotatable bonds is 6. The molecule has 9 heteroatoms. The number of hydrogen-bond donors (Lipinski definition) is 2. The molecule has 2 heterocycles. The second-order valence-electron chi connectivity index (χ2n) is 5.39. The number of carboxylic acid groups (broad SMARTS) is 1. The van der Waals surface area contributed by atoms with E-state index in [0.29, 0.717) is 33.6 Å². The number of furan rings is 1. The number of methoxy groups -OCH3 is 1. The second kappa shape index (κ2) is 7.92. The maximum atomic E-state index is 11.7. The highest BCUT2D eigenvalue weighted by molar-refractivity contribution is 8.04. The first kappa shape index (κ1) is 18.5. The van der Waals surface area contributed by atoms with Crippen LogP contribution < -0.4 is 0 Å². The average molecular weight is 385 g/mol. The fraction of sp³-hybridized carbons (Fsp3) is 0.111. The van der Waals surface area contributed by atoms with Gasteiger partial charge in [0.25, 0.3) is 0 Å². The number of benzene rings is 1. The summed E-state index contributed by atoms with van der Waals surface area (Å²) in [6.07, 6.45) is 1.40. The van der Waals surface area contributed by atoms with Gasteiger partial charge in [0.05, 0.1) is 12.7 Å². The highest BCUT2D eigenvalue weighted by Gasteiger charge is 2.15. The number of aromatic nitrogens is 3. The third kappa shape index (κ3) is 4.45. The van der Waals surface area contributed by atoms with Gasteiger partial charge in [0.15, 0.2) is 0 Å². The van der Waals surface area contributed by atoms with Gasteiger partial charge in [-0.1, -0.05) is 12.1 Å². The normalized spacial score (nSPS) is 11.4. The lowest BCUT2D eigenvalue weighted by atomic mass is 10.1. The van der Waals surface area contributed by atoms with Crippen LogP contribution in [-0.2, 0) is 9.53 Å². The molecule has 0 unspecified atom stereocenters. The molecule has 0 radical (unpaired) electrons. The van der Waals surface area contributed by atoms with Crippen LogP contribution in [0.25, 0.3) is 17.4 Å². The van der Waals surface area contributed by atoms with Crippen molar-refractivity contribution in [1.29, 1.82) is 0 Å². The molecule has 0 spiro atoms. The van der Waals surface area contributed by atoms with E-state index in [9.17, 15) is 14.7 Å². The van der Waals surface area contributed by atoms with Gasteiger partial charge in [-0.3, -0.25) is 5.10 Å². The molecule has 3 rings (SSSR count). The van der Waals surface area contributed by atoms with Crippen LogP contribution in [0, 0.1) is 6.92 Å². The summed E-state index contributed by atoms with van der Waals surface area (Å²) in [5.41, 5.74) is 1.07. The average Bonchev–Trinajstić information content (AvgIpc) is 3.29. The number of aryl methyl sites for hydroxylation is 1. The molecular weight excluding hydrogens is 370 g/mol. The van der Waals surface area contributed by atoms with Crippen molar-refractivity contribution >= 4 is 29.8 Å². The van der Waals surface area contributed by atoms with E-state index in [-0.39, 0.29) is 4.91 Å². The number of aliphatic carboxylic acids is 1. The lowest BCUT2D eigenvalue weighted by Gasteiger charge is -2.01. The Morgan fingerprint density at radius 1 is 1.30 bits per heavy atom. The van der Waals surface area contributed by atoms with Crippen LogP contribution in [-0.4, -0.2) is 39.3 Å². The number of thioether (sulfide) groups is 1. The van der Waals surface area contributed by atoms with E-state index in [1.165, 1.54) is 13.2 Å². The van der Waals surface area contributed by atoms with E-state index in [2.05, 4.69) is 15.2 Å². The van der Waals surface area contributed by atoms with Crippen molar-refractivity contribution in [2.75, 3.05) is 7.11 Å². The summed E-state index contributed by atoms with van der Waals surface area (Å²) in [6.45, 7) is 1.72. The maximum Gasteiger partial charge on any atom is 0.342 e. The monoisotopic (exact) mass is 385 g/mol. The van der Waals surface area contributed by atoms with Crippen molar-refractivity contribution in [2.45, 2.75) is 12.1 Å². The first-order valence-electron chi connectivity index (χ1n) is 7.76. The number of nitrogens with one attached hydrogen (secondary N) is 1. The van der Waals surface area contributed by atoms with Crippen LogP contribution >= 0.6 is 11.8 Å². The van der Waals surface area contributed by atoms with Gasteiger partial charge in [-0.15, -0.1) is 5.10 Å². The number of ether oxygens (including phenoxy) is 1. The third-order valence-corrected chi connectivity index (χ3v) is 4.33. The minimum atomic E-state index is -1.12. The Hall–Kier alpha value is -3.33. The molecule has 3 aromatic rings. The Morgan fingerprint density at radius 3 is 2.78 bits per heavy atom. The quantitative estimate of drug-likeness (QED) is 0.377. The molecule has 2 aromatic heterocycles. The van der Waals surface area contributed by atoms with Crippen LogP contribution in [0.1, 0.15) is 21.9 Å². The van der Waals surface area contributed by atoms with Crippen LogP contribution in [0.4, 0.5) is 0 Å². The Labute approximate surface area is 158 Å². The molecule has 138 valence electrons. The van der Waals surface area contributed by atoms with Crippen LogP contribution in [0.2, 0.25) is 0 Å². The van der Waals surface area contributed by atoms with E-state index in [0.717, 1.165) is 11.8 Å². The van der Waals surface area contributed by atoms with E-state index in [1.807, 2.05) is 0 Å². The van der Waals surface area contributed by atoms with Crippen molar-refractivity contribution in [3.05, 3.63) is 58.5 Å². The first-order valence-corrected chi connectivity index (χ1v) is 8.58. The number of nitrogens with zero attached hydrogens (tertiary/aromatic N) is 2. The molecule has 8 nitrogen and oxygen atoms in total. The van der Waals surface area contributed by atoms with Gasteiger partial charge in [0, 0.05) is 11.6 Å². The molecule has 0 aliphatic carbocycles. The highest BCUT2D eigenvalue weighted by Crippen LogP contribution is 2.29. The van der Waals surface area contributed by atoms with Gasteiger partial charge < -0.3 is 14.3 Å². The smallest absolute Gasteiger partial charge is 0.342 e. The van der Waals surface area contributed by atoms with Gasteiger partial charge in [-0.25, -0.2) is 14.6 Å². The van der Waals surface area contributed by atoms with Crippen molar-refractivity contribution in [2.24, 2.45) is 0 Å². The predicted octanol–water partition coefficient (Wildman–Crippen LogP) is 3.38. The standard InChI is InChI=1S/C18H15N3O5S/c1-10-19-18(21-20-10)27-15(16(22)23)9-13-6-7-14(26-13)11-4-3-5-12(8-11)17(24)25-2/h3-9H,1-2H3,(H,22,23)(H,19,20,21)/b15-9-. The molecule has 2 N–H and O–H groups in total. The lowest BCUT2D eigenvalue weighted by molar-refractivity contribution is -0.131. The number of carboxylic acids is 1. The fourth-order valence-electron chi connectivity index (χ4n) is 2.23. The third-order valence-electron chi connectivity index (χ3n) is 3.46. The van der Waals surface area contributed by atoms with Crippen molar-refractivity contribution in [3.63, 3.8) is 0 Å². The molecule has 1 aromatic carbocycles. The number of H-pyrrole nitrogens is 1. The highest BCUT2D eigenvalue weighted by atomic mass is 32.2.